The van der Waals surface area contributed by atoms with Crippen molar-refractivity contribution in [3.8, 4) is 0 Å². The molecule has 0 bridgehead atoms. The van der Waals surface area contributed by atoms with E-state index in [1.165, 1.54) is 6.34 Å². The van der Waals surface area contributed by atoms with Gasteiger partial charge in [0.1, 0.15) is 0 Å². The minimum absolute atomic E-state index is 1.10. The largest absolute Gasteiger partial charge is 0.360 e. The topological polar surface area (TPSA) is 26.9 Å². The van der Waals surface area contributed by atoms with Gasteiger partial charge in [-0.15, -0.1) is 0 Å². The Labute approximate surface area is 30.9 Å². The molecule has 0 spiro atoms. The van der Waals surface area contributed by atoms with Gasteiger partial charge >= 0.3 is 0 Å². The summed E-state index contributed by atoms with van der Waals surface area (Å²) in [4.78, 5) is 1.92. The lowest BCUT2D eigenvalue weighted by molar-refractivity contribution is 0.867. The van der Waals surface area contributed by atoms with Crippen molar-refractivity contribution in [3.63, 3.8) is 0 Å². The van der Waals surface area contributed by atoms with Crippen LogP contribution in [0.15, 0.2) is 0 Å². The van der Waals surface area contributed by atoms with Crippen LogP contribution in [0.2, 0.25) is 0 Å². The lowest BCUT2D eigenvalue weighted by Gasteiger charge is -1.75. The molecule has 1 aliphatic rings. The first-order valence-corrected chi connectivity index (χ1v) is 1.68. The maximum Gasteiger partial charge on any atom is 0.0818 e. The van der Waals surface area contributed by atoms with Gasteiger partial charge in [0.25, 0.3) is 0 Å². The first-order chi connectivity index (χ1) is 2.43. The van der Waals surface area contributed by atoms with Gasteiger partial charge in [-0.3, -0.25) is 5.41 Å². The Hall–Kier alpha value is -0.530. The Morgan fingerprint density at radius 3 is 2.20 bits per heavy atom. The number of rotatable bonds is 1. The Morgan fingerprint density at radius 2 is 2.20 bits per heavy atom. The first-order valence-electron chi connectivity index (χ1n) is 1.68. The quantitative estimate of drug-likeness (QED) is 0.260. The third-order valence-electron chi connectivity index (χ3n) is 0.664. The SMILES string of the molecule is N=CN1CC1. The molecule has 0 saturated carbocycles. The molecule has 0 unspecified atom stereocenters. The second-order valence-electron chi connectivity index (χ2n) is 1.17. The Morgan fingerprint density at radius 1 is 1.60 bits per heavy atom. The zero-order chi connectivity index (χ0) is 3.70. The molecule has 2 nitrogen and oxygen atoms in total. The van der Waals surface area contributed by atoms with Crippen LogP contribution in [0.3, 0.4) is 0 Å². The molecule has 0 aromatic carbocycles. The molecule has 1 saturated heterocycles. The van der Waals surface area contributed by atoms with Gasteiger partial charge < -0.3 is 4.90 Å². The van der Waals surface area contributed by atoms with E-state index in [0.717, 1.165) is 13.1 Å². The first kappa shape index (κ1) is 2.69. The van der Waals surface area contributed by atoms with Crippen molar-refractivity contribution in [1.82, 2.24) is 4.90 Å². The van der Waals surface area contributed by atoms with Gasteiger partial charge in [0.2, 0.25) is 0 Å². The van der Waals surface area contributed by atoms with Gasteiger partial charge in [-0.2, -0.15) is 0 Å². The zero-order valence-corrected chi connectivity index (χ0v) is 2.94. The third-order valence-corrected chi connectivity index (χ3v) is 0.664. The Kier molecular flexibility index (Phi) is 0.381. The summed E-state index contributed by atoms with van der Waals surface area (Å²) in [5, 5.41) is 6.52. The van der Waals surface area contributed by atoms with Crippen molar-refractivity contribution in [2.24, 2.45) is 0 Å². The fraction of sp³-hybridized carbons (Fsp3) is 0.667. The smallest absolute Gasteiger partial charge is 0.0818 e. The third kappa shape index (κ3) is 0.375. The van der Waals surface area contributed by atoms with Crippen LogP contribution in [-0.4, -0.2) is 24.3 Å². The maximum absolute atomic E-state index is 6.52. The van der Waals surface area contributed by atoms with E-state index in [4.69, 9.17) is 5.41 Å². The second-order valence-corrected chi connectivity index (χ2v) is 1.17. The van der Waals surface area contributed by atoms with Gasteiger partial charge in [0, 0.05) is 13.1 Å². The summed E-state index contributed by atoms with van der Waals surface area (Å²) in [7, 11) is 0. The molecule has 1 fully saturated rings. The lowest BCUT2D eigenvalue weighted by Crippen LogP contribution is -1.84. The fourth-order valence-corrected chi connectivity index (χ4v) is 0.187. The monoisotopic (exact) mass is 70.1 g/mol. The summed E-state index contributed by atoms with van der Waals surface area (Å²) in [6.07, 6.45) is 1.36. The number of nitrogens with one attached hydrogen (secondary N) is 1. The number of hydrogen-bond donors (Lipinski definition) is 1. The molecule has 2 heteroatoms. The highest BCUT2D eigenvalue weighted by molar-refractivity contribution is 5.53. The Balaban J connectivity index is 2.21. The highest BCUT2D eigenvalue weighted by atomic mass is 15.3. The van der Waals surface area contributed by atoms with Crippen molar-refractivity contribution in [2.45, 2.75) is 0 Å². The molecular weight excluding hydrogens is 64.0 g/mol. The molecule has 0 aromatic heterocycles. The van der Waals surface area contributed by atoms with E-state index in [1.807, 2.05) is 4.90 Å². The summed E-state index contributed by atoms with van der Waals surface area (Å²) in [6.45, 7) is 2.20. The van der Waals surface area contributed by atoms with Crippen LogP contribution in [-0.2, 0) is 0 Å². The highest BCUT2D eigenvalue weighted by Gasteiger charge is 2.09. The van der Waals surface area contributed by atoms with Crippen LogP contribution in [0.5, 0.6) is 0 Å². The van der Waals surface area contributed by atoms with E-state index in [2.05, 4.69) is 0 Å². The van der Waals surface area contributed by atoms with Crippen molar-refractivity contribution in [3.05, 3.63) is 0 Å². The van der Waals surface area contributed by atoms with Crippen LogP contribution in [0.1, 0.15) is 0 Å². The summed E-state index contributed by atoms with van der Waals surface area (Å²) in [6, 6.07) is 0. The molecule has 1 rings (SSSR count). The van der Waals surface area contributed by atoms with E-state index < -0.39 is 0 Å². The molecular formula is C3H6N2. The van der Waals surface area contributed by atoms with E-state index in [-0.39, 0.29) is 0 Å². The normalized spacial score (nSPS) is 18.8. The molecule has 0 radical (unpaired) electrons. The van der Waals surface area contributed by atoms with Crippen LogP contribution in [0, 0.1) is 5.41 Å². The molecule has 0 amide bonds. The average Bonchev–Trinajstić information content (AvgIpc) is 2.12. The Bertz CT molecular complexity index is 46.9. The number of hydrogen-bond acceptors (Lipinski definition) is 1. The maximum atomic E-state index is 6.52. The molecule has 0 aromatic rings. The molecule has 1 aliphatic heterocycles. The molecule has 1 heterocycles. The van der Waals surface area contributed by atoms with Crippen molar-refractivity contribution in [1.29, 1.82) is 5.41 Å². The fourth-order valence-electron chi connectivity index (χ4n) is 0.187. The van der Waals surface area contributed by atoms with Gasteiger partial charge in [0.15, 0.2) is 0 Å². The molecule has 1 N–H and O–H groups in total. The lowest BCUT2D eigenvalue weighted by atomic mass is 11.0. The number of nitrogens with zero attached hydrogens (tertiary/aromatic N) is 1. The van der Waals surface area contributed by atoms with Crippen molar-refractivity contribution in [2.75, 3.05) is 13.1 Å². The van der Waals surface area contributed by atoms with Gasteiger partial charge in [-0.25, -0.2) is 0 Å². The summed E-state index contributed by atoms with van der Waals surface area (Å²) in [5.74, 6) is 0. The summed E-state index contributed by atoms with van der Waals surface area (Å²) < 4.78 is 0. The molecule has 0 aliphatic carbocycles. The predicted octanol–water partition coefficient (Wildman–Crippen LogP) is -0.0909. The van der Waals surface area contributed by atoms with Crippen LogP contribution in [0.4, 0.5) is 0 Å². The summed E-state index contributed by atoms with van der Waals surface area (Å²) in [5.41, 5.74) is 0. The van der Waals surface area contributed by atoms with Gasteiger partial charge in [0.05, 0.1) is 6.34 Å². The predicted molar refractivity (Wildman–Crippen MR) is 20.4 cm³/mol. The van der Waals surface area contributed by atoms with E-state index >= 15 is 0 Å². The van der Waals surface area contributed by atoms with E-state index in [9.17, 15) is 0 Å². The van der Waals surface area contributed by atoms with Crippen LogP contribution in [0.25, 0.3) is 0 Å². The molecule has 0 atom stereocenters. The van der Waals surface area contributed by atoms with Gasteiger partial charge in [-0.1, -0.05) is 0 Å². The average molecular weight is 70.1 g/mol. The summed E-state index contributed by atoms with van der Waals surface area (Å²) >= 11 is 0. The molecule has 5 heavy (non-hydrogen) atoms. The standard InChI is InChI=1S/C3H6N2/c4-3-5-1-2-5/h3-4H,1-2H2. The van der Waals surface area contributed by atoms with E-state index in [0.29, 0.717) is 0 Å². The molecule has 28 valence electrons. The van der Waals surface area contributed by atoms with Crippen LogP contribution < -0.4 is 0 Å². The minimum Gasteiger partial charge on any atom is -0.360 e. The minimum atomic E-state index is 1.10. The second kappa shape index (κ2) is 0.708. The van der Waals surface area contributed by atoms with Crippen molar-refractivity contribution < 1.29 is 0 Å². The van der Waals surface area contributed by atoms with Crippen LogP contribution >= 0.6 is 0 Å². The van der Waals surface area contributed by atoms with Gasteiger partial charge in [-0.05, 0) is 0 Å². The zero-order valence-electron chi connectivity index (χ0n) is 2.94. The van der Waals surface area contributed by atoms with Crippen molar-refractivity contribution >= 4 is 6.34 Å². The van der Waals surface area contributed by atoms with E-state index in [1.54, 1.807) is 0 Å². The highest BCUT2D eigenvalue weighted by Crippen LogP contribution is 1.94.